The number of thiophene rings is 1. The summed E-state index contributed by atoms with van der Waals surface area (Å²) in [6, 6.07) is 16.7. The molecule has 0 radical (unpaired) electrons. The van der Waals surface area contributed by atoms with E-state index in [9.17, 15) is 14.9 Å². The van der Waals surface area contributed by atoms with Crippen LogP contribution in [0.25, 0.3) is 10.1 Å². The van der Waals surface area contributed by atoms with Gasteiger partial charge in [0.1, 0.15) is 12.4 Å². The molecular weight excluding hydrogens is 565 g/mol. The van der Waals surface area contributed by atoms with Crippen LogP contribution in [-0.4, -0.2) is 17.0 Å². The van der Waals surface area contributed by atoms with Gasteiger partial charge in [0.25, 0.3) is 11.6 Å². The molecule has 1 aromatic heterocycles. The van der Waals surface area contributed by atoms with E-state index in [2.05, 4.69) is 26.5 Å². The number of hydrogen-bond donors (Lipinski definition) is 1. The van der Waals surface area contributed by atoms with Crippen LogP contribution in [0.4, 0.5) is 5.69 Å². The number of nitro benzene ring substituents is 1. The fourth-order valence-electron chi connectivity index (χ4n) is 3.01. The van der Waals surface area contributed by atoms with Crippen LogP contribution in [0.1, 0.15) is 20.8 Å². The van der Waals surface area contributed by atoms with E-state index in [0.717, 1.165) is 14.7 Å². The molecule has 11 heteroatoms. The van der Waals surface area contributed by atoms with Crippen molar-refractivity contribution in [2.24, 2.45) is 5.10 Å². The van der Waals surface area contributed by atoms with Gasteiger partial charge in [-0.05, 0) is 48.0 Å². The van der Waals surface area contributed by atoms with Crippen molar-refractivity contribution in [1.82, 2.24) is 5.43 Å². The van der Waals surface area contributed by atoms with Gasteiger partial charge in [-0.3, -0.25) is 14.9 Å². The van der Waals surface area contributed by atoms with Crippen molar-refractivity contribution >= 4 is 78.4 Å². The van der Waals surface area contributed by atoms with Gasteiger partial charge in [-0.15, -0.1) is 11.3 Å². The Morgan fingerprint density at radius 2 is 1.94 bits per heavy atom. The predicted molar refractivity (Wildman–Crippen MR) is 138 cm³/mol. The lowest BCUT2D eigenvalue weighted by molar-refractivity contribution is -0.384. The Balaban J connectivity index is 1.46. The molecule has 3 aromatic carbocycles. The van der Waals surface area contributed by atoms with Crippen LogP contribution in [0.3, 0.4) is 0 Å². The smallest absolute Gasteiger partial charge is 0.281 e. The van der Waals surface area contributed by atoms with E-state index in [0.29, 0.717) is 31.6 Å². The van der Waals surface area contributed by atoms with Gasteiger partial charge in [-0.2, -0.15) is 5.10 Å². The first kappa shape index (κ1) is 24.2. The summed E-state index contributed by atoms with van der Waals surface area (Å²) in [7, 11) is 0. The van der Waals surface area contributed by atoms with E-state index in [1.54, 1.807) is 36.4 Å². The monoisotopic (exact) mass is 577 g/mol. The summed E-state index contributed by atoms with van der Waals surface area (Å²) in [5, 5.41) is 16.5. The molecule has 0 fully saturated rings. The highest BCUT2D eigenvalue weighted by atomic mass is 79.9. The molecule has 0 unspecified atom stereocenters. The van der Waals surface area contributed by atoms with E-state index in [-0.39, 0.29) is 12.3 Å². The fraction of sp³-hybridized carbons (Fsp3) is 0.0435. The molecule has 172 valence electrons. The molecule has 0 aliphatic rings. The summed E-state index contributed by atoms with van der Waals surface area (Å²) < 4.78 is 7.49. The van der Waals surface area contributed by atoms with E-state index in [1.165, 1.54) is 29.7 Å². The number of non-ortho nitro benzene ring substituents is 1. The fourth-order valence-corrected chi connectivity index (χ4v) is 4.65. The van der Waals surface area contributed by atoms with Crippen LogP contribution in [-0.2, 0) is 6.61 Å². The first-order chi connectivity index (χ1) is 16.3. The molecule has 1 amide bonds. The van der Waals surface area contributed by atoms with Gasteiger partial charge in [-0.1, -0.05) is 45.2 Å². The van der Waals surface area contributed by atoms with E-state index in [4.69, 9.17) is 27.9 Å². The first-order valence-corrected chi connectivity index (χ1v) is 12.0. The van der Waals surface area contributed by atoms with Crippen LogP contribution in [0.2, 0.25) is 10.0 Å². The Morgan fingerprint density at radius 1 is 1.12 bits per heavy atom. The predicted octanol–water partition coefficient (Wildman–Crippen LogP) is 7.22. The zero-order chi connectivity index (χ0) is 24.2. The average molecular weight is 579 g/mol. The molecule has 4 aromatic rings. The zero-order valence-corrected chi connectivity index (χ0v) is 21.0. The summed E-state index contributed by atoms with van der Waals surface area (Å²) in [5.41, 5.74) is 3.94. The zero-order valence-electron chi connectivity index (χ0n) is 17.1. The van der Waals surface area contributed by atoms with Gasteiger partial charge in [0, 0.05) is 32.3 Å². The minimum atomic E-state index is -0.472. The Kier molecular flexibility index (Phi) is 7.47. The number of benzene rings is 3. The maximum Gasteiger partial charge on any atom is 0.281 e. The quantitative estimate of drug-likeness (QED) is 0.142. The molecule has 0 saturated heterocycles. The number of nitrogens with one attached hydrogen (secondary N) is 1. The molecular formula is C23H14BrCl2N3O4S. The number of hydrazone groups is 1. The summed E-state index contributed by atoms with van der Waals surface area (Å²) in [4.78, 5) is 23.4. The number of ether oxygens (including phenoxy) is 1. The van der Waals surface area contributed by atoms with Gasteiger partial charge in [0.05, 0.1) is 26.1 Å². The highest BCUT2D eigenvalue weighted by Gasteiger charge is 2.13. The van der Waals surface area contributed by atoms with Crippen molar-refractivity contribution in [3.63, 3.8) is 0 Å². The lowest BCUT2D eigenvalue weighted by Gasteiger charge is -2.10. The Morgan fingerprint density at radius 3 is 2.71 bits per heavy atom. The summed E-state index contributed by atoms with van der Waals surface area (Å²) in [6.07, 6.45) is 1.48. The van der Waals surface area contributed by atoms with Crippen LogP contribution in [0.5, 0.6) is 5.75 Å². The minimum Gasteiger partial charge on any atom is -0.488 e. The number of fused-ring (bicyclic) bond motifs is 1. The third kappa shape index (κ3) is 5.74. The van der Waals surface area contributed by atoms with Crippen molar-refractivity contribution < 1.29 is 14.5 Å². The maximum atomic E-state index is 12.5. The number of carbonyl (C=O) groups excluding carboxylic acids is 1. The number of nitrogens with zero attached hydrogens (tertiary/aromatic N) is 2. The van der Waals surface area contributed by atoms with Crippen molar-refractivity contribution in [3.05, 3.63) is 101 Å². The molecule has 0 spiro atoms. The molecule has 0 aliphatic heterocycles. The number of halogens is 3. The van der Waals surface area contributed by atoms with Crippen molar-refractivity contribution in [2.45, 2.75) is 6.61 Å². The topological polar surface area (TPSA) is 93.8 Å². The van der Waals surface area contributed by atoms with Gasteiger partial charge >= 0.3 is 0 Å². The van der Waals surface area contributed by atoms with Gasteiger partial charge in [-0.25, -0.2) is 5.43 Å². The molecule has 0 atom stereocenters. The number of nitro groups is 1. The standard InChI is InChI=1S/C23H14BrCl2N3O4S/c24-16-2-5-20(33-12-13-1-4-18(25)19(26)7-13)15(8-16)11-27-28-23(30)22-10-14-9-17(29(31)32)3-6-21(14)34-22/h1-11H,12H2,(H,28,30)/b27-11-. The summed E-state index contributed by atoms with van der Waals surface area (Å²) >= 11 is 16.7. The SMILES string of the molecule is O=C(N/N=C\c1cc(Br)ccc1OCc1ccc(Cl)c(Cl)c1)c1cc2cc([N+](=O)[O-])ccc2s1. The van der Waals surface area contributed by atoms with Crippen molar-refractivity contribution in [3.8, 4) is 5.75 Å². The summed E-state index contributed by atoms with van der Waals surface area (Å²) in [5.74, 6) is 0.134. The average Bonchev–Trinajstić information content (AvgIpc) is 3.24. The molecule has 1 N–H and O–H groups in total. The second kappa shape index (κ2) is 10.5. The third-order valence-electron chi connectivity index (χ3n) is 4.65. The lowest BCUT2D eigenvalue weighted by atomic mass is 10.2. The van der Waals surface area contributed by atoms with E-state index < -0.39 is 10.8 Å². The number of amides is 1. The van der Waals surface area contributed by atoms with Gasteiger partial charge < -0.3 is 4.74 Å². The van der Waals surface area contributed by atoms with Gasteiger partial charge in [0.15, 0.2) is 0 Å². The van der Waals surface area contributed by atoms with Gasteiger partial charge in [0.2, 0.25) is 0 Å². The molecule has 34 heavy (non-hydrogen) atoms. The highest BCUT2D eigenvalue weighted by molar-refractivity contribution is 9.10. The number of hydrogen-bond acceptors (Lipinski definition) is 6. The lowest BCUT2D eigenvalue weighted by Crippen LogP contribution is -2.16. The Labute approximate surface area is 216 Å². The highest BCUT2D eigenvalue weighted by Crippen LogP contribution is 2.29. The molecule has 0 saturated carbocycles. The molecule has 1 heterocycles. The minimum absolute atomic E-state index is 0.0293. The second-order valence-corrected chi connectivity index (χ2v) is 9.82. The normalized spacial score (nSPS) is 11.1. The largest absolute Gasteiger partial charge is 0.488 e. The Hall–Kier alpha value is -2.98. The van der Waals surface area contributed by atoms with Crippen LogP contribution < -0.4 is 10.2 Å². The van der Waals surface area contributed by atoms with E-state index >= 15 is 0 Å². The molecule has 0 aliphatic carbocycles. The molecule has 0 bridgehead atoms. The first-order valence-electron chi connectivity index (χ1n) is 9.68. The van der Waals surface area contributed by atoms with E-state index in [1.807, 2.05) is 12.1 Å². The molecule has 7 nitrogen and oxygen atoms in total. The molecule has 4 rings (SSSR count). The number of rotatable bonds is 7. The van der Waals surface area contributed by atoms with Crippen LogP contribution >= 0.6 is 50.5 Å². The Bertz CT molecular complexity index is 1440. The number of carbonyl (C=O) groups is 1. The third-order valence-corrected chi connectivity index (χ3v) is 7.00. The van der Waals surface area contributed by atoms with Crippen molar-refractivity contribution in [2.75, 3.05) is 0 Å². The summed E-state index contributed by atoms with van der Waals surface area (Å²) in [6.45, 7) is 0.264. The van der Waals surface area contributed by atoms with Crippen LogP contribution in [0.15, 0.2) is 70.2 Å². The maximum absolute atomic E-state index is 12.5. The van der Waals surface area contributed by atoms with Crippen LogP contribution in [0, 0.1) is 10.1 Å². The van der Waals surface area contributed by atoms with Crippen molar-refractivity contribution in [1.29, 1.82) is 0 Å². The second-order valence-electron chi connectivity index (χ2n) is 7.01.